The van der Waals surface area contributed by atoms with E-state index in [2.05, 4.69) is 35.0 Å². The number of methoxy groups -OCH3 is 1. The number of benzene rings is 1. The van der Waals surface area contributed by atoms with E-state index in [0.717, 1.165) is 24.4 Å². The highest BCUT2D eigenvalue weighted by Gasteiger charge is 2.19. The first-order chi connectivity index (χ1) is 10.6. The number of hydrogen-bond donors (Lipinski definition) is 1. The summed E-state index contributed by atoms with van der Waals surface area (Å²) < 4.78 is 5.48. The maximum absolute atomic E-state index is 6.17. The van der Waals surface area contributed by atoms with E-state index in [0.29, 0.717) is 12.5 Å². The fraction of sp³-hybridized carbons (Fsp3) is 0.588. The molecular formula is C17H28N4O. The van der Waals surface area contributed by atoms with Gasteiger partial charge in [-0.3, -0.25) is 4.99 Å². The lowest BCUT2D eigenvalue weighted by Gasteiger charge is -2.29. The molecule has 122 valence electrons. The van der Waals surface area contributed by atoms with Crippen LogP contribution >= 0.6 is 0 Å². The van der Waals surface area contributed by atoms with E-state index in [1.165, 1.54) is 19.3 Å². The van der Waals surface area contributed by atoms with Gasteiger partial charge in [-0.25, -0.2) is 0 Å². The van der Waals surface area contributed by atoms with Crippen LogP contribution in [-0.4, -0.2) is 56.6 Å². The lowest BCUT2D eigenvalue weighted by molar-refractivity contribution is 0.292. The van der Waals surface area contributed by atoms with Gasteiger partial charge in [0, 0.05) is 18.7 Å². The molecular weight excluding hydrogens is 276 g/mol. The minimum absolute atomic E-state index is 0.152. The van der Waals surface area contributed by atoms with E-state index in [4.69, 9.17) is 10.5 Å². The largest absolute Gasteiger partial charge is 0.496 e. The van der Waals surface area contributed by atoms with Crippen molar-refractivity contribution in [2.75, 3.05) is 40.8 Å². The van der Waals surface area contributed by atoms with Crippen LogP contribution in [0.2, 0.25) is 0 Å². The van der Waals surface area contributed by atoms with Crippen LogP contribution in [0.25, 0.3) is 0 Å². The van der Waals surface area contributed by atoms with Gasteiger partial charge in [0.25, 0.3) is 0 Å². The zero-order valence-corrected chi connectivity index (χ0v) is 14.0. The van der Waals surface area contributed by atoms with Gasteiger partial charge in [0.05, 0.1) is 19.7 Å². The number of guanidine groups is 1. The third kappa shape index (κ3) is 4.13. The Bertz CT molecular complexity index is 495. The highest BCUT2D eigenvalue weighted by Crippen LogP contribution is 2.28. The molecule has 0 saturated carbocycles. The molecule has 0 spiro atoms. The van der Waals surface area contributed by atoms with Crippen molar-refractivity contribution in [2.45, 2.75) is 25.3 Å². The van der Waals surface area contributed by atoms with E-state index in [1.807, 2.05) is 18.2 Å². The van der Waals surface area contributed by atoms with Gasteiger partial charge in [-0.1, -0.05) is 18.2 Å². The molecule has 1 aliphatic rings. The molecule has 1 saturated heterocycles. The van der Waals surface area contributed by atoms with Crippen molar-refractivity contribution in [3.8, 4) is 5.75 Å². The summed E-state index contributed by atoms with van der Waals surface area (Å²) in [7, 11) is 5.82. The molecule has 1 aliphatic heterocycles. The maximum atomic E-state index is 6.17. The van der Waals surface area contributed by atoms with Gasteiger partial charge in [0.15, 0.2) is 5.96 Å². The minimum Gasteiger partial charge on any atom is -0.496 e. The predicted molar refractivity (Wildman–Crippen MR) is 91.3 cm³/mol. The number of nitrogens with two attached hydrogens (primary N) is 1. The molecule has 0 aliphatic carbocycles. The van der Waals surface area contributed by atoms with Gasteiger partial charge in [-0.15, -0.1) is 0 Å². The maximum Gasteiger partial charge on any atom is 0.191 e. The Kier molecular flexibility index (Phi) is 6.07. The van der Waals surface area contributed by atoms with Gasteiger partial charge in [-0.2, -0.15) is 0 Å². The van der Waals surface area contributed by atoms with E-state index < -0.39 is 0 Å². The fourth-order valence-electron chi connectivity index (χ4n) is 2.88. The van der Waals surface area contributed by atoms with Crippen LogP contribution in [0.15, 0.2) is 29.3 Å². The van der Waals surface area contributed by atoms with Crippen molar-refractivity contribution in [3.05, 3.63) is 29.8 Å². The van der Waals surface area contributed by atoms with Crippen LogP contribution < -0.4 is 10.5 Å². The van der Waals surface area contributed by atoms with Crippen molar-refractivity contribution >= 4 is 5.96 Å². The number of hydrogen-bond acceptors (Lipinski definition) is 3. The first-order valence-electron chi connectivity index (χ1n) is 7.97. The molecule has 5 nitrogen and oxygen atoms in total. The van der Waals surface area contributed by atoms with Crippen LogP contribution in [-0.2, 0) is 0 Å². The average molecular weight is 304 g/mol. The Morgan fingerprint density at radius 1 is 1.27 bits per heavy atom. The molecule has 1 unspecified atom stereocenters. The van der Waals surface area contributed by atoms with Crippen molar-refractivity contribution < 1.29 is 4.74 Å². The molecule has 1 atom stereocenters. The van der Waals surface area contributed by atoms with E-state index in [1.54, 1.807) is 7.11 Å². The molecule has 2 rings (SSSR count). The molecule has 1 aromatic carbocycles. The van der Waals surface area contributed by atoms with Crippen LogP contribution in [0, 0.1) is 0 Å². The monoisotopic (exact) mass is 304 g/mol. The number of likely N-dealkylation sites (N-methyl/N-ethyl adjacent to an activating group) is 1. The van der Waals surface area contributed by atoms with Crippen molar-refractivity contribution in [3.63, 3.8) is 0 Å². The fourth-order valence-corrected chi connectivity index (χ4v) is 2.88. The number of nitrogens with zero attached hydrogens (tertiary/aromatic N) is 3. The highest BCUT2D eigenvalue weighted by atomic mass is 16.5. The molecule has 0 bridgehead atoms. The summed E-state index contributed by atoms with van der Waals surface area (Å²) >= 11 is 0. The summed E-state index contributed by atoms with van der Waals surface area (Å²) in [6.07, 6.45) is 3.71. The molecule has 2 N–H and O–H groups in total. The average Bonchev–Trinajstić information content (AvgIpc) is 2.55. The second-order valence-corrected chi connectivity index (χ2v) is 5.97. The van der Waals surface area contributed by atoms with Crippen LogP contribution in [0.5, 0.6) is 5.75 Å². The Morgan fingerprint density at radius 2 is 1.95 bits per heavy atom. The Morgan fingerprint density at radius 3 is 2.59 bits per heavy atom. The van der Waals surface area contributed by atoms with Crippen LogP contribution in [0.4, 0.5) is 0 Å². The van der Waals surface area contributed by atoms with Gasteiger partial charge >= 0.3 is 0 Å². The summed E-state index contributed by atoms with van der Waals surface area (Å²) in [6.45, 7) is 2.68. The number of rotatable bonds is 5. The topological polar surface area (TPSA) is 54.1 Å². The standard InChI is InChI=1S/C17H28N4O/c1-20(2)15(14-9-5-6-10-16(14)22-3)13-19-17(18)21-11-7-4-8-12-21/h5-6,9-10,15H,4,7-8,11-13H2,1-3H3,(H2,18,19). The van der Waals surface area contributed by atoms with Gasteiger partial charge < -0.3 is 20.3 Å². The first-order valence-corrected chi connectivity index (χ1v) is 7.97. The normalized spacial score (nSPS) is 17.6. The molecule has 0 radical (unpaired) electrons. The summed E-state index contributed by atoms with van der Waals surface area (Å²) in [6, 6.07) is 8.26. The molecule has 1 fully saturated rings. The van der Waals surface area contributed by atoms with Crippen molar-refractivity contribution in [2.24, 2.45) is 10.7 Å². The summed E-state index contributed by atoms with van der Waals surface area (Å²) in [4.78, 5) is 8.99. The minimum atomic E-state index is 0.152. The third-order valence-electron chi connectivity index (χ3n) is 4.23. The third-order valence-corrected chi connectivity index (χ3v) is 4.23. The SMILES string of the molecule is COc1ccccc1C(CN=C(N)N1CCCCC1)N(C)C. The lowest BCUT2D eigenvalue weighted by Crippen LogP contribution is -2.41. The molecule has 22 heavy (non-hydrogen) atoms. The van der Waals surface area contributed by atoms with E-state index >= 15 is 0 Å². The molecule has 1 heterocycles. The lowest BCUT2D eigenvalue weighted by atomic mass is 10.0. The molecule has 0 amide bonds. The number of piperidine rings is 1. The Labute approximate surface area is 133 Å². The van der Waals surface area contributed by atoms with Crippen molar-refractivity contribution in [1.29, 1.82) is 0 Å². The predicted octanol–water partition coefficient (Wildman–Crippen LogP) is 2.10. The van der Waals surface area contributed by atoms with Crippen molar-refractivity contribution in [1.82, 2.24) is 9.80 Å². The Hall–Kier alpha value is -1.75. The number of para-hydroxylation sites is 1. The van der Waals surface area contributed by atoms with Gasteiger partial charge in [0.1, 0.15) is 5.75 Å². The van der Waals surface area contributed by atoms with Crippen LogP contribution in [0.3, 0.4) is 0 Å². The van der Waals surface area contributed by atoms with E-state index in [9.17, 15) is 0 Å². The molecule has 1 aromatic rings. The summed E-state index contributed by atoms with van der Waals surface area (Å²) in [5, 5.41) is 0. The quantitative estimate of drug-likeness (QED) is 0.668. The second kappa shape index (κ2) is 8.03. The first kappa shape index (κ1) is 16.6. The van der Waals surface area contributed by atoms with Gasteiger partial charge in [-0.05, 0) is 39.4 Å². The second-order valence-electron chi connectivity index (χ2n) is 5.97. The summed E-state index contributed by atoms with van der Waals surface area (Å²) in [5.41, 5.74) is 7.32. The molecule has 5 heteroatoms. The zero-order chi connectivity index (χ0) is 15.9. The number of aliphatic imine (C=N–C) groups is 1. The smallest absolute Gasteiger partial charge is 0.191 e. The zero-order valence-electron chi connectivity index (χ0n) is 14.0. The van der Waals surface area contributed by atoms with Crippen LogP contribution in [0.1, 0.15) is 30.9 Å². The highest BCUT2D eigenvalue weighted by molar-refractivity contribution is 5.78. The number of ether oxygens (including phenoxy) is 1. The number of likely N-dealkylation sites (tertiary alicyclic amines) is 1. The Balaban J connectivity index is 2.11. The van der Waals surface area contributed by atoms with E-state index in [-0.39, 0.29) is 6.04 Å². The van der Waals surface area contributed by atoms with Gasteiger partial charge in [0.2, 0.25) is 0 Å². The summed E-state index contributed by atoms with van der Waals surface area (Å²) in [5.74, 6) is 1.56. The molecule has 0 aromatic heterocycles.